The molecule has 0 amide bonds. The Morgan fingerprint density at radius 1 is 0.463 bits per heavy atom. The zero-order valence-electron chi connectivity index (χ0n) is 59.5. The number of fused-ring (bicyclic) bond motifs is 1. The number of ketones is 5. The first-order valence-electron chi connectivity index (χ1n) is 30.4. The molecule has 11 aromatic rings. The number of nitrogens with one attached hydrogen (secondary N) is 3. The standard InChI is InChI=1S/C15H10BrFN2O.C14H10BrFN2O3.2C14H12BrFN2O.C8H6FNO3.C6H5BrFN.CH2O3.2K.H2O/c1-9(20)10-2-5-15-14(6-10)18-8-19(15)11-3-4-13(17)12(16)7-11;1-8(19)9-2-5-13(14(6-9)18(20)21)17-10-3-4-12(16)11(15)7-10;2*1-8(19)9-2-5-14(13(17)6-9)18-10-3-4-12(16)11(15)7-10;1-5(11)6-2-3-7(9)8(4-6)10(12)13;7-5-3-4(9)1-2-6(5)8;2-1-4-3;;;/h2-8H,1H3;2-7,17H,1H3;2*2-7,18H,17H2,1H3;2-4H,1H3;1-3H,9H2;1,3H;;;1H2/q;;;;;;;2*+1;/i/hD2. The van der Waals surface area contributed by atoms with Crippen LogP contribution in [0, 0.1) is 55.1 Å². The molecule has 10 aromatic carbocycles. The Hall–Kier alpha value is -7.74. The van der Waals surface area contributed by atoms with Gasteiger partial charge in [0, 0.05) is 68.4 Å². The molecule has 1 aromatic heterocycles. The Morgan fingerprint density at radius 2 is 0.796 bits per heavy atom. The van der Waals surface area contributed by atoms with Crippen LogP contribution in [0.15, 0.2) is 211 Å². The van der Waals surface area contributed by atoms with Crippen molar-refractivity contribution >= 4 is 189 Å². The minimum absolute atomic E-state index is 0. The van der Waals surface area contributed by atoms with Crippen LogP contribution >= 0.6 is 79.6 Å². The van der Waals surface area contributed by atoms with E-state index in [0.29, 0.717) is 85.3 Å². The molecule has 0 aliphatic carbocycles. The first-order chi connectivity index (χ1) is 50.4. The smallest absolute Gasteiger partial charge is 0.870 e. The van der Waals surface area contributed by atoms with Crippen LogP contribution in [0.2, 0.25) is 0 Å². The van der Waals surface area contributed by atoms with Crippen LogP contribution in [0.1, 0.15) is 86.4 Å². The third-order valence-electron chi connectivity index (χ3n) is 13.8. The molecule has 552 valence electrons. The number of nitro groups is 2. The summed E-state index contributed by atoms with van der Waals surface area (Å²) in [6.45, 7) is 7.05. The maximum absolute atomic E-state index is 13.3. The number of carbonyl (C=O) groups is 6. The summed E-state index contributed by atoms with van der Waals surface area (Å²) in [7, 11) is 0. The summed E-state index contributed by atoms with van der Waals surface area (Å²) in [5.41, 5.74) is 25.7. The van der Waals surface area contributed by atoms with Crippen molar-refractivity contribution in [2.24, 2.45) is 0 Å². The summed E-state index contributed by atoms with van der Waals surface area (Å²) in [5.74, 6) is -3.28. The molecule has 0 fully saturated rings. The third kappa shape index (κ3) is 29.9. The van der Waals surface area contributed by atoms with Gasteiger partial charge in [0.1, 0.15) is 41.1 Å². The third-order valence-corrected chi connectivity index (χ3v) is 16.8. The number of anilines is 9. The molecule has 1 heterocycles. The fraction of sp³-hybridized carbons (Fsp3) is 0.0694. The van der Waals surface area contributed by atoms with Crippen molar-refractivity contribution in [1.82, 2.24) is 9.55 Å². The van der Waals surface area contributed by atoms with Gasteiger partial charge in [0.05, 0.1) is 66.0 Å². The number of hydrogen-bond acceptors (Lipinski definition) is 19. The molecule has 108 heavy (non-hydrogen) atoms. The predicted molar refractivity (Wildman–Crippen MR) is 410 cm³/mol. The number of nitrogens with zero attached hydrogens (tertiary/aromatic N) is 4. The minimum atomic E-state index is -0.935. The van der Waals surface area contributed by atoms with Gasteiger partial charge in [-0.1, -0.05) is 0 Å². The van der Waals surface area contributed by atoms with Crippen LogP contribution < -0.4 is 136 Å². The molecule has 23 nitrogen and oxygen atoms in total. The van der Waals surface area contributed by atoms with Gasteiger partial charge in [-0.15, -0.1) is 0 Å². The molecule has 0 radical (unpaired) electrons. The average molecular weight is 1870 g/mol. The molecule has 12 N–H and O–H groups in total. The van der Waals surface area contributed by atoms with Crippen LogP contribution in [0.4, 0.5) is 88.9 Å². The van der Waals surface area contributed by atoms with Gasteiger partial charge in [0.2, 0.25) is 5.82 Å². The monoisotopic (exact) mass is 1860 g/mol. The number of nitrogens with two attached hydrogens (primary N) is 3. The number of aromatic nitrogens is 2. The van der Waals surface area contributed by atoms with Crippen LogP contribution in [0.3, 0.4) is 0 Å². The quantitative estimate of drug-likeness (QED) is 0.00602. The van der Waals surface area contributed by atoms with Gasteiger partial charge in [0.15, 0.2) is 28.9 Å². The number of rotatable bonds is 16. The topological polar surface area (TPSA) is 383 Å². The van der Waals surface area contributed by atoms with Gasteiger partial charge in [-0.3, -0.25) is 48.8 Å². The predicted octanol–water partition coefficient (Wildman–Crippen LogP) is 13.5. The van der Waals surface area contributed by atoms with E-state index in [0.717, 1.165) is 28.9 Å². The maximum atomic E-state index is 13.3. The van der Waals surface area contributed by atoms with Crippen LogP contribution in [-0.4, -0.2) is 68.4 Å². The zero-order valence-corrected chi connectivity index (χ0v) is 71.7. The molecule has 0 spiro atoms. The molecule has 0 saturated heterocycles. The summed E-state index contributed by atoms with van der Waals surface area (Å²) in [5, 5.41) is 30.8. The van der Waals surface area contributed by atoms with Crippen molar-refractivity contribution in [2.75, 3.05) is 33.2 Å². The van der Waals surface area contributed by atoms with Gasteiger partial charge in [-0.25, -0.2) is 37.0 Å². The van der Waals surface area contributed by atoms with Crippen molar-refractivity contribution in [3.05, 3.63) is 294 Å². The second-order valence-corrected chi connectivity index (χ2v) is 25.6. The van der Waals surface area contributed by atoms with E-state index in [1.165, 1.54) is 113 Å². The van der Waals surface area contributed by atoms with Gasteiger partial charge in [-0.2, -0.15) is 9.28 Å². The fourth-order valence-corrected chi connectivity index (χ4v) is 10.3. The molecular formula is C72H59Br5F6K2N10O13+2. The molecule has 0 aliphatic heterocycles. The number of benzene rings is 10. The Labute approximate surface area is 742 Å². The molecule has 0 atom stereocenters. The molecule has 11 rings (SSSR count). The van der Waals surface area contributed by atoms with E-state index in [1.54, 1.807) is 91.3 Å². The molecule has 36 heteroatoms. The number of nitro benzene ring substituents is 2. The van der Waals surface area contributed by atoms with E-state index < -0.39 is 27.2 Å². The number of imidazole rings is 1. The fourth-order valence-electron chi connectivity index (χ4n) is 8.44. The van der Waals surface area contributed by atoms with E-state index in [2.05, 4.69) is 105 Å². The Kier molecular flexibility index (Phi) is 40.1. The minimum Gasteiger partial charge on any atom is -0.870 e. The summed E-state index contributed by atoms with van der Waals surface area (Å²) in [6, 6.07) is 45.1. The number of carbonyl (C=O) groups excluding carboxylic acids is 6. The van der Waals surface area contributed by atoms with Gasteiger partial charge >= 0.3 is 118 Å². The molecule has 0 unspecified atom stereocenters. The van der Waals surface area contributed by atoms with Crippen LogP contribution in [-0.2, 0) is 9.68 Å². The SMILES string of the molecule is CC(=O)c1ccc(F)c([N+](=O)[O-])c1.CC(=O)c1ccc(Nc2ccc(F)c(Br)c2)c(N)c1.CC(=O)c1ccc(Nc2ccc(F)c(Br)c2)c(N)c1.CC(=O)c1ccc(Nc2ccc(F)c(Br)c2)c([N+](=O)[O-])c1.CC(=O)c1ccc2c(c1)ncn2-c1ccc(F)c(Br)c1.Nc1ccc(F)c(Br)c1.[2H][O+]([2H])OC=O.[K+].[K+].[OH-]. The number of nitrogen functional groups attached to an aromatic ring is 3. The van der Waals surface area contributed by atoms with E-state index in [9.17, 15) is 70.5 Å². The Morgan fingerprint density at radius 3 is 1.15 bits per heavy atom. The number of Topliss-reactive ketones (excluding diaryl/α,β-unsaturated/α-hetero) is 5. The van der Waals surface area contributed by atoms with Gasteiger partial charge < -0.3 is 38.6 Å². The van der Waals surface area contributed by atoms with Crippen LogP contribution in [0.5, 0.6) is 0 Å². The Bertz CT molecular complexity index is 5060. The Balaban J connectivity index is 0.000000445. The van der Waals surface area contributed by atoms with Crippen molar-refractivity contribution < 1.29 is 183 Å². The molecule has 0 saturated carbocycles. The molecule has 0 bridgehead atoms. The van der Waals surface area contributed by atoms with Gasteiger partial charge in [-0.05, 0) is 284 Å². The van der Waals surface area contributed by atoms with E-state index in [4.69, 9.17) is 24.9 Å². The summed E-state index contributed by atoms with van der Waals surface area (Å²) in [4.78, 5) is 92.6. The first kappa shape index (κ1) is 92.6. The average Bonchev–Trinajstić information content (AvgIpc) is 1.65. The van der Waals surface area contributed by atoms with Crippen LogP contribution in [0.25, 0.3) is 16.7 Å². The summed E-state index contributed by atoms with van der Waals surface area (Å²) in [6.07, 6.45) is 1.66. The van der Waals surface area contributed by atoms with Crippen molar-refractivity contribution in [1.29, 1.82) is 2.86 Å². The van der Waals surface area contributed by atoms with E-state index in [1.807, 2.05) is 10.6 Å². The maximum Gasteiger partial charge on any atom is 1.00 e. The summed E-state index contributed by atoms with van der Waals surface area (Å²) >= 11 is 15.4. The zero-order chi connectivity index (χ0) is 79.7. The molecule has 0 aliphatic rings. The number of hydrogen-bond donors (Lipinski definition) is 6. The second-order valence-electron chi connectivity index (χ2n) is 21.3. The first-order valence-corrected chi connectivity index (χ1v) is 33.6. The summed E-state index contributed by atoms with van der Waals surface area (Å²) < 4.78 is 93.4. The normalized spacial score (nSPS) is 10.1. The molecular weight excluding hydrogens is 1800 g/mol. The van der Waals surface area contributed by atoms with E-state index >= 15 is 0 Å². The number of halogens is 11. The van der Waals surface area contributed by atoms with E-state index in [-0.39, 0.29) is 194 Å². The van der Waals surface area contributed by atoms with Crippen molar-refractivity contribution in [3.63, 3.8) is 0 Å². The van der Waals surface area contributed by atoms with Crippen molar-refractivity contribution in [3.8, 4) is 5.69 Å². The second kappa shape index (κ2) is 46.7. The van der Waals surface area contributed by atoms with Gasteiger partial charge in [0.25, 0.3) is 5.69 Å². The van der Waals surface area contributed by atoms with Crippen molar-refractivity contribution in [2.45, 2.75) is 34.6 Å². The largest absolute Gasteiger partial charge is 1.00 e.